The third-order valence-electron chi connectivity index (χ3n) is 3.80. The van der Waals surface area contributed by atoms with Crippen molar-refractivity contribution in [3.63, 3.8) is 0 Å². The van der Waals surface area contributed by atoms with Crippen LogP contribution in [0.15, 0.2) is 18.2 Å². The molecule has 0 saturated carbocycles. The van der Waals surface area contributed by atoms with Gasteiger partial charge >= 0.3 is 0 Å². The molecule has 1 saturated heterocycles. The normalized spacial score (nSPS) is 25.3. The van der Waals surface area contributed by atoms with Crippen LogP contribution in [0.4, 0.5) is 0 Å². The molecule has 0 radical (unpaired) electrons. The van der Waals surface area contributed by atoms with Crippen molar-refractivity contribution in [2.75, 3.05) is 19.8 Å². The Kier molecular flexibility index (Phi) is 4.38. The van der Waals surface area contributed by atoms with E-state index < -0.39 is 0 Å². The van der Waals surface area contributed by atoms with Crippen LogP contribution in [-0.2, 0) is 11.3 Å². The van der Waals surface area contributed by atoms with E-state index in [1.165, 1.54) is 16.7 Å². The van der Waals surface area contributed by atoms with Crippen LogP contribution in [0, 0.1) is 13.8 Å². The Labute approximate surface area is 109 Å². The molecule has 1 fully saturated rings. The molecule has 1 aliphatic heterocycles. The van der Waals surface area contributed by atoms with Gasteiger partial charge in [-0.25, -0.2) is 0 Å². The summed E-state index contributed by atoms with van der Waals surface area (Å²) in [6, 6.07) is 7.04. The zero-order chi connectivity index (χ0) is 13.1. The molecule has 2 atom stereocenters. The maximum absolute atomic E-state index is 9.19. The van der Waals surface area contributed by atoms with Gasteiger partial charge in [-0.1, -0.05) is 18.2 Å². The Bertz CT molecular complexity index is 405. The first-order valence-electron chi connectivity index (χ1n) is 6.62. The van der Waals surface area contributed by atoms with Crippen LogP contribution >= 0.6 is 0 Å². The Morgan fingerprint density at radius 1 is 1.33 bits per heavy atom. The van der Waals surface area contributed by atoms with Gasteiger partial charge in [-0.3, -0.25) is 4.90 Å². The van der Waals surface area contributed by atoms with E-state index in [1.54, 1.807) is 0 Å². The predicted molar refractivity (Wildman–Crippen MR) is 72.6 cm³/mol. The average molecular weight is 249 g/mol. The zero-order valence-corrected chi connectivity index (χ0v) is 11.5. The molecule has 2 unspecified atom stereocenters. The maximum Gasteiger partial charge on any atom is 0.0933 e. The van der Waals surface area contributed by atoms with Crippen molar-refractivity contribution in [3.8, 4) is 0 Å². The van der Waals surface area contributed by atoms with E-state index in [9.17, 15) is 5.11 Å². The molecular formula is C15H23NO2. The lowest BCUT2D eigenvalue weighted by molar-refractivity contribution is -0.0805. The molecule has 1 aromatic rings. The number of rotatable bonds is 3. The Morgan fingerprint density at radius 3 is 2.78 bits per heavy atom. The number of nitrogens with zero attached hydrogens (tertiary/aromatic N) is 1. The third-order valence-corrected chi connectivity index (χ3v) is 3.80. The summed E-state index contributed by atoms with van der Waals surface area (Å²) in [6.45, 7) is 9.02. The van der Waals surface area contributed by atoms with Crippen LogP contribution in [0.5, 0.6) is 0 Å². The topological polar surface area (TPSA) is 32.7 Å². The third kappa shape index (κ3) is 3.10. The fourth-order valence-electron chi connectivity index (χ4n) is 2.34. The molecule has 1 N–H and O–H groups in total. The molecule has 0 aromatic heterocycles. The zero-order valence-electron chi connectivity index (χ0n) is 11.5. The molecular weight excluding hydrogens is 226 g/mol. The average Bonchev–Trinajstić information content (AvgIpc) is 2.36. The Balaban J connectivity index is 2.04. The summed E-state index contributed by atoms with van der Waals surface area (Å²) in [5.74, 6) is 0. The molecule has 0 amide bonds. The minimum Gasteiger partial charge on any atom is -0.394 e. The molecule has 0 aliphatic carbocycles. The van der Waals surface area contributed by atoms with Crippen LogP contribution in [0.2, 0.25) is 0 Å². The van der Waals surface area contributed by atoms with Gasteiger partial charge in [0.05, 0.1) is 19.3 Å². The smallest absolute Gasteiger partial charge is 0.0933 e. The summed E-state index contributed by atoms with van der Waals surface area (Å²) in [5.41, 5.74) is 4.01. The van der Waals surface area contributed by atoms with Gasteiger partial charge in [0.1, 0.15) is 0 Å². The van der Waals surface area contributed by atoms with Crippen molar-refractivity contribution < 1.29 is 9.84 Å². The lowest BCUT2D eigenvalue weighted by Crippen LogP contribution is -2.48. The summed E-state index contributed by atoms with van der Waals surface area (Å²) in [7, 11) is 0. The van der Waals surface area contributed by atoms with E-state index in [4.69, 9.17) is 4.74 Å². The number of hydrogen-bond acceptors (Lipinski definition) is 3. The van der Waals surface area contributed by atoms with Crippen LogP contribution in [0.25, 0.3) is 0 Å². The largest absolute Gasteiger partial charge is 0.394 e. The number of aryl methyl sites for hydroxylation is 2. The summed E-state index contributed by atoms with van der Waals surface area (Å²) in [6.07, 6.45) is -0.0345. The van der Waals surface area contributed by atoms with Crippen molar-refractivity contribution in [2.45, 2.75) is 39.5 Å². The second kappa shape index (κ2) is 5.83. The van der Waals surface area contributed by atoms with Gasteiger partial charge in [-0.15, -0.1) is 0 Å². The van der Waals surface area contributed by atoms with E-state index in [1.807, 2.05) is 0 Å². The molecule has 1 aliphatic rings. The SMILES string of the molecule is Cc1ccc(CN2CC(CO)OCC2C)cc1C. The number of morpholine rings is 1. The minimum atomic E-state index is -0.0345. The molecule has 1 heterocycles. The van der Waals surface area contributed by atoms with E-state index >= 15 is 0 Å². The molecule has 100 valence electrons. The second-order valence-electron chi connectivity index (χ2n) is 5.33. The highest BCUT2D eigenvalue weighted by Crippen LogP contribution is 2.17. The fraction of sp³-hybridized carbons (Fsp3) is 0.600. The number of aliphatic hydroxyl groups excluding tert-OH is 1. The maximum atomic E-state index is 9.19. The summed E-state index contributed by atoms with van der Waals surface area (Å²) >= 11 is 0. The van der Waals surface area contributed by atoms with E-state index in [2.05, 4.69) is 43.9 Å². The molecule has 0 bridgehead atoms. The van der Waals surface area contributed by atoms with Gasteiger partial charge in [0.25, 0.3) is 0 Å². The number of hydrogen-bond donors (Lipinski definition) is 1. The van der Waals surface area contributed by atoms with E-state index in [0.717, 1.165) is 13.1 Å². The summed E-state index contributed by atoms with van der Waals surface area (Å²) in [5, 5.41) is 9.19. The number of benzene rings is 1. The lowest BCUT2D eigenvalue weighted by atomic mass is 10.0. The van der Waals surface area contributed by atoms with Crippen molar-refractivity contribution >= 4 is 0 Å². The van der Waals surface area contributed by atoms with Crippen LogP contribution in [0.1, 0.15) is 23.6 Å². The van der Waals surface area contributed by atoms with Crippen molar-refractivity contribution in [3.05, 3.63) is 34.9 Å². The lowest BCUT2D eigenvalue weighted by Gasteiger charge is -2.37. The molecule has 3 nitrogen and oxygen atoms in total. The highest BCUT2D eigenvalue weighted by Gasteiger charge is 2.25. The first-order valence-corrected chi connectivity index (χ1v) is 6.62. The van der Waals surface area contributed by atoms with E-state index in [0.29, 0.717) is 12.6 Å². The minimum absolute atomic E-state index is 0.0345. The summed E-state index contributed by atoms with van der Waals surface area (Å²) in [4.78, 5) is 2.38. The van der Waals surface area contributed by atoms with Gasteiger partial charge in [0.2, 0.25) is 0 Å². The second-order valence-corrected chi connectivity index (χ2v) is 5.33. The quantitative estimate of drug-likeness (QED) is 0.888. The molecule has 2 rings (SSSR count). The Morgan fingerprint density at radius 2 is 2.11 bits per heavy atom. The highest BCUT2D eigenvalue weighted by atomic mass is 16.5. The molecule has 18 heavy (non-hydrogen) atoms. The standard InChI is InChI=1S/C15H23NO2/c1-11-4-5-14(6-12(11)2)7-16-8-15(9-17)18-10-13(16)3/h4-6,13,15,17H,7-10H2,1-3H3. The molecule has 0 spiro atoms. The van der Waals surface area contributed by atoms with Crippen molar-refractivity contribution in [1.82, 2.24) is 4.90 Å². The van der Waals surface area contributed by atoms with Crippen molar-refractivity contribution in [1.29, 1.82) is 0 Å². The first kappa shape index (κ1) is 13.5. The van der Waals surface area contributed by atoms with Crippen LogP contribution in [-0.4, -0.2) is 41.9 Å². The van der Waals surface area contributed by atoms with E-state index in [-0.39, 0.29) is 12.7 Å². The highest BCUT2D eigenvalue weighted by molar-refractivity contribution is 5.29. The molecule has 3 heteroatoms. The Hall–Kier alpha value is -0.900. The van der Waals surface area contributed by atoms with Gasteiger partial charge in [-0.05, 0) is 37.5 Å². The summed E-state index contributed by atoms with van der Waals surface area (Å²) < 4.78 is 5.56. The van der Waals surface area contributed by atoms with Crippen LogP contribution < -0.4 is 0 Å². The van der Waals surface area contributed by atoms with Gasteiger partial charge in [0, 0.05) is 19.1 Å². The number of ether oxygens (including phenoxy) is 1. The van der Waals surface area contributed by atoms with Crippen molar-refractivity contribution in [2.24, 2.45) is 0 Å². The predicted octanol–water partition coefficient (Wildman–Crippen LogP) is 1.89. The van der Waals surface area contributed by atoms with Crippen LogP contribution in [0.3, 0.4) is 0 Å². The fourth-order valence-corrected chi connectivity index (χ4v) is 2.34. The van der Waals surface area contributed by atoms with Gasteiger partial charge < -0.3 is 9.84 Å². The first-order chi connectivity index (χ1) is 8.60. The van der Waals surface area contributed by atoms with Gasteiger partial charge in [0.15, 0.2) is 0 Å². The van der Waals surface area contributed by atoms with Gasteiger partial charge in [-0.2, -0.15) is 0 Å². The molecule has 1 aromatic carbocycles. The monoisotopic (exact) mass is 249 g/mol. The number of aliphatic hydroxyl groups is 1.